The minimum Gasteiger partial charge on any atom is -0.459 e. The average Bonchev–Trinajstić information content (AvgIpc) is 2.37. The summed E-state index contributed by atoms with van der Waals surface area (Å²) in [6, 6.07) is 4.74. The van der Waals surface area contributed by atoms with E-state index in [2.05, 4.69) is 6.92 Å². The van der Waals surface area contributed by atoms with Crippen molar-refractivity contribution in [1.82, 2.24) is 0 Å². The highest BCUT2D eigenvalue weighted by Gasteiger charge is 2.13. The molecule has 2 nitrogen and oxygen atoms in total. The van der Waals surface area contributed by atoms with Gasteiger partial charge in [-0.05, 0) is 38.0 Å². The quantitative estimate of drug-likeness (QED) is 0.441. The Labute approximate surface area is 131 Å². The summed E-state index contributed by atoms with van der Waals surface area (Å²) in [6.07, 6.45) is 6.85. The van der Waals surface area contributed by atoms with E-state index in [1.54, 1.807) is 18.2 Å². The molecule has 1 atom stereocenters. The highest BCUT2D eigenvalue weighted by molar-refractivity contribution is 6.35. The van der Waals surface area contributed by atoms with Crippen LogP contribution in [0.4, 0.5) is 0 Å². The Balaban J connectivity index is 2.37. The number of ether oxygens (including phenoxy) is 1. The number of carbonyl (C=O) groups is 1. The summed E-state index contributed by atoms with van der Waals surface area (Å²) in [6.45, 7) is 4.12. The first-order chi connectivity index (χ1) is 9.52. The predicted octanol–water partition coefficient (Wildman–Crippen LogP) is 5.90. The van der Waals surface area contributed by atoms with E-state index in [9.17, 15) is 4.79 Å². The number of rotatable bonds is 8. The van der Waals surface area contributed by atoms with E-state index in [1.807, 2.05) is 6.92 Å². The van der Waals surface area contributed by atoms with Crippen LogP contribution < -0.4 is 0 Å². The highest BCUT2D eigenvalue weighted by Crippen LogP contribution is 2.20. The number of esters is 1. The Hall–Kier alpha value is -0.730. The maximum Gasteiger partial charge on any atom is 0.338 e. The average molecular weight is 317 g/mol. The molecule has 1 unspecified atom stereocenters. The van der Waals surface area contributed by atoms with Crippen molar-refractivity contribution in [2.45, 2.75) is 58.5 Å². The molecule has 0 spiro atoms. The van der Waals surface area contributed by atoms with Gasteiger partial charge in [-0.2, -0.15) is 0 Å². The summed E-state index contributed by atoms with van der Waals surface area (Å²) < 4.78 is 5.40. The van der Waals surface area contributed by atoms with E-state index in [-0.39, 0.29) is 12.1 Å². The molecule has 1 aromatic rings. The van der Waals surface area contributed by atoms with Crippen molar-refractivity contribution in [3.8, 4) is 0 Å². The van der Waals surface area contributed by atoms with Gasteiger partial charge in [0.2, 0.25) is 0 Å². The van der Waals surface area contributed by atoms with Crippen LogP contribution in [0.1, 0.15) is 62.7 Å². The lowest BCUT2D eigenvalue weighted by Gasteiger charge is -2.13. The number of halogens is 2. The second kappa shape index (κ2) is 9.25. The van der Waals surface area contributed by atoms with Crippen LogP contribution in [0.2, 0.25) is 10.0 Å². The molecule has 0 saturated heterocycles. The molecule has 0 saturated carbocycles. The van der Waals surface area contributed by atoms with E-state index in [0.717, 1.165) is 12.8 Å². The Morgan fingerprint density at radius 3 is 2.30 bits per heavy atom. The summed E-state index contributed by atoms with van der Waals surface area (Å²) in [5.41, 5.74) is 0.403. The molecular formula is C16H22Cl2O2. The fourth-order valence-electron chi connectivity index (χ4n) is 2.02. The molecule has 0 N–H and O–H groups in total. The minimum atomic E-state index is -0.365. The Kier molecular flexibility index (Phi) is 8.01. The maximum absolute atomic E-state index is 12.0. The van der Waals surface area contributed by atoms with Crippen molar-refractivity contribution in [3.05, 3.63) is 33.8 Å². The predicted molar refractivity (Wildman–Crippen MR) is 84.7 cm³/mol. The van der Waals surface area contributed by atoms with Gasteiger partial charge in [-0.3, -0.25) is 0 Å². The zero-order valence-electron chi connectivity index (χ0n) is 12.1. The fourth-order valence-corrected chi connectivity index (χ4v) is 2.54. The maximum atomic E-state index is 12.0. The van der Waals surface area contributed by atoms with E-state index in [0.29, 0.717) is 15.6 Å². The van der Waals surface area contributed by atoms with Gasteiger partial charge in [0.25, 0.3) is 0 Å². The van der Waals surface area contributed by atoms with Gasteiger partial charge in [0.05, 0.1) is 11.7 Å². The molecule has 0 radical (unpaired) electrons. The smallest absolute Gasteiger partial charge is 0.338 e. The number of carbonyl (C=O) groups excluding carboxylic acids is 1. The van der Waals surface area contributed by atoms with Crippen LogP contribution in [0.15, 0.2) is 18.2 Å². The third-order valence-electron chi connectivity index (χ3n) is 3.12. The van der Waals surface area contributed by atoms with Gasteiger partial charge in [-0.15, -0.1) is 0 Å². The van der Waals surface area contributed by atoms with Gasteiger partial charge < -0.3 is 4.74 Å². The summed E-state index contributed by atoms with van der Waals surface area (Å²) in [7, 11) is 0. The molecule has 0 aliphatic heterocycles. The number of hydrogen-bond acceptors (Lipinski definition) is 2. The lowest BCUT2D eigenvalue weighted by molar-refractivity contribution is 0.0319. The summed E-state index contributed by atoms with van der Waals surface area (Å²) in [5, 5.41) is 0.883. The van der Waals surface area contributed by atoms with Crippen LogP contribution >= 0.6 is 23.2 Å². The fraction of sp³-hybridized carbons (Fsp3) is 0.562. The molecule has 1 rings (SSSR count). The van der Waals surface area contributed by atoms with E-state index in [1.165, 1.54) is 25.7 Å². The number of unbranched alkanes of at least 4 members (excludes halogenated alkanes) is 4. The first-order valence-electron chi connectivity index (χ1n) is 7.20. The third kappa shape index (κ3) is 6.62. The van der Waals surface area contributed by atoms with Crippen LogP contribution in [0, 0.1) is 0 Å². The molecule has 112 valence electrons. The minimum absolute atomic E-state index is 0.0816. The van der Waals surface area contributed by atoms with Crippen molar-refractivity contribution in [2.24, 2.45) is 0 Å². The van der Waals surface area contributed by atoms with Crippen molar-refractivity contribution in [1.29, 1.82) is 0 Å². The number of hydrogen-bond donors (Lipinski definition) is 0. The van der Waals surface area contributed by atoms with E-state index >= 15 is 0 Å². The highest BCUT2D eigenvalue weighted by atomic mass is 35.5. The standard InChI is InChI=1S/C16H22Cl2O2/c1-3-4-5-6-7-8-12(2)20-16(19)13-9-14(17)11-15(18)10-13/h9-12H,3-8H2,1-2H3. The van der Waals surface area contributed by atoms with Crippen LogP contribution in [0.25, 0.3) is 0 Å². The number of benzene rings is 1. The molecule has 0 aliphatic rings. The molecule has 0 heterocycles. The third-order valence-corrected chi connectivity index (χ3v) is 3.56. The largest absolute Gasteiger partial charge is 0.459 e. The molecule has 0 aliphatic carbocycles. The van der Waals surface area contributed by atoms with Crippen LogP contribution in [-0.4, -0.2) is 12.1 Å². The van der Waals surface area contributed by atoms with Crippen molar-refractivity contribution < 1.29 is 9.53 Å². The Morgan fingerprint density at radius 1 is 1.10 bits per heavy atom. The van der Waals surface area contributed by atoms with Crippen LogP contribution in [0.5, 0.6) is 0 Å². The van der Waals surface area contributed by atoms with Gasteiger partial charge in [0, 0.05) is 10.0 Å². The Bertz CT molecular complexity index is 412. The molecule has 4 heteroatoms. The van der Waals surface area contributed by atoms with Gasteiger partial charge in [0.15, 0.2) is 0 Å². The van der Waals surface area contributed by atoms with Gasteiger partial charge >= 0.3 is 5.97 Å². The summed E-state index contributed by atoms with van der Waals surface area (Å²) in [4.78, 5) is 12.0. The topological polar surface area (TPSA) is 26.3 Å². The SMILES string of the molecule is CCCCCCCC(C)OC(=O)c1cc(Cl)cc(Cl)c1. The lowest BCUT2D eigenvalue weighted by atomic mass is 10.1. The van der Waals surface area contributed by atoms with Crippen LogP contribution in [-0.2, 0) is 4.74 Å². The first-order valence-corrected chi connectivity index (χ1v) is 7.95. The van der Waals surface area contributed by atoms with E-state index in [4.69, 9.17) is 27.9 Å². The monoisotopic (exact) mass is 316 g/mol. The van der Waals surface area contributed by atoms with E-state index < -0.39 is 0 Å². The summed E-state index contributed by atoms with van der Waals surface area (Å²) in [5.74, 6) is -0.365. The molecule has 0 fully saturated rings. The van der Waals surface area contributed by atoms with Crippen LogP contribution in [0.3, 0.4) is 0 Å². The molecule has 1 aromatic carbocycles. The zero-order valence-corrected chi connectivity index (χ0v) is 13.6. The van der Waals surface area contributed by atoms with Crippen molar-refractivity contribution in [2.75, 3.05) is 0 Å². The molecule has 0 aromatic heterocycles. The summed E-state index contributed by atoms with van der Waals surface area (Å²) >= 11 is 11.7. The Morgan fingerprint density at radius 2 is 1.70 bits per heavy atom. The molecule has 20 heavy (non-hydrogen) atoms. The van der Waals surface area contributed by atoms with Gasteiger partial charge in [0.1, 0.15) is 0 Å². The second-order valence-electron chi connectivity index (χ2n) is 5.08. The van der Waals surface area contributed by atoms with Crippen molar-refractivity contribution in [3.63, 3.8) is 0 Å². The second-order valence-corrected chi connectivity index (χ2v) is 5.95. The molecule has 0 bridgehead atoms. The molecule has 0 amide bonds. The van der Waals surface area contributed by atoms with Crippen molar-refractivity contribution >= 4 is 29.2 Å². The molecular weight excluding hydrogens is 295 g/mol. The van der Waals surface area contributed by atoms with Gasteiger partial charge in [-0.1, -0.05) is 55.8 Å². The normalized spacial score (nSPS) is 12.2. The zero-order chi connectivity index (χ0) is 15.0. The first kappa shape index (κ1) is 17.3. The van der Waals surface area contributed by atoms with Gasteiger partial charge in [-0.25, -0.2) is 4.79 Å². The lowest BCUT2D eigenvalue weighted by Crippen LogP contribution is -2.15.